The van der Waals surface area contributed by atoms with Gasteiger partial charge in [-0.1, -0.05) is 0 Å². The average Bonchev–Trinajstić information content (AvgIpc) is 3.26. The van der Waals surface area contributed by atoms with Crippen LogP contribution < -0.4 is 9.46 Å². The average molecular weight is 407 g/mol. The van der Waals surface area contributed by atoms with Gasteiger partial charge in [0.2, 0.25) is 15.9 Å². The number of hydrogen-bond acceptors (Lipinski definition) is 6. The van der Waals surface area contributed by atoms with E-state index in [-0.39, 0.29) is 24.1 Å². The third kappa shape index (κ3) is 5.52. The Morgan fingerprint density at radius 3 is 2.93 bits per heavy atom. The van der Waals surface area contributed by atoms with Crippen molar-refractivity contribution in [1.29, 1.82) is 0 Å². The van der Waals surface area contributed by atoms with Gasteiger partial charge in [0.05, 0.1) is 36.5 Å². The third-order valence-corrected chi connectivity index (χ3v) is 6.04. The number of nitrogens with one attached hydrogen (secondary N) is 2. The predicted octanol–water partition coefficient (Wildman–Crippen LogP) is 1.03. The van der Waals surface area contributed by atoms with Crippen molar-refractivity contribution in [3.8, 4) is 17.1 Å². The van der Waals surface area contributed by atoms with Gasteiger partial charge in [0.1, 0.15) is 5.75 Å². The largest absolute Gasteiger partial charge is 0.492 e. The third-order valence-electron chi connectivity index (χ3n) is 4.69. The number of aromatic amines is 1. The minimum atomic E-state index is -3.37. The first-order valence-electron chi connectivity index (χ1n) is 9.30. The number of carbonyl (C=O) groups excluding carboxylic acids is 1. The molecule has 1 fully saturated rings. The molecule has 9 nitrogen and oxygen atoms in total. The maximum Gasteiger partial charge on any atom is 0.237 e. The van der Waals surface area contributed by atoms with Crippen LogP contribution in [-0.4, -0.2) is 66.4 Å². The summed E-state index contributed by atoms with van der Waals surface area (Å²) in [5.74, 6) is 0.631. The number of likely N-dealkylation sites (tertiary alicyclic amines) is 1. The van der Waals surface area contributed by atoms with Crippen LogP contribution in [-0.2, 0) is 14.8 Å². The summed E-state index contributed by atoms with van der Waals surface area (Å²) < 4.78 is 31.2. The van der Waals surface area contributed by atoms with Crippen molar-refractivity contribution in [3.05, 3.63) is 30.6 Å². The highest BCUT2D eigenvalue weighted by molar-refractivity contribution is 7.89. The van der Waals surface area contributed by atoms with Crippen LogP contribution in [0.2, 0.25) is 0 Å². The number of rotatable bonds is 8. The van der Waals surface area contributed by atoms with Crippen molar-refractivity contribution in [2.75, 3.05) is 32.0 Å². The van der Waals surface area contributed by atoms with Crippen LogP contribution in [0.25, 0.3) is 11.4 Å². The Hall–Kier alpha value is -2.46. The van der Waals surface area contributed by atoms with Gasteiger partial charge in [0, 0.05) is 25.2 Å². The van der Waals surface area contributed by atoms with Gasteiger partial charge in [0.25, 0.3) is 0 Å². The van der Waals surface area contributed by atoms with Gasteiger partial charge >= 0.3 is 0 Å². The van der Waals surface area contributed by atoms with Gasteiger partial charge < -0.3 is 9.64 Å². The molecule has 2 N–H and O–H groups in total. The lowest BCUT2D eigenvalue weighted by atomic mass is 9.99. The van der Waals surface area contributed by atoms with Crippen molar-refractivity contribution in [2.24, 2.45) is 5.92 Å². The monoisotopic (exact) mass is 407 g/mol. The van der Waals surface area contributed by atoms with E-state index in [0.717, 1.165) is 24.2 Å². The fraction of sp³-hybridized carbons (Fsp3) is 0.500. The normalized spacial score (nSPS) is 17.5. The van der Waals surface area contributed by atoms with Gasteiger partial charge in [-0.3, -0.25) is 14.9 Å². The first-order chi connectivity index (χ1) is 13.5. The molecule has 0 aliphatic carbocycles. The smallest absolute Gasteiger partial charge is 0.237 e. The van der Waals surface area contributed by atoms with Crippen LogP contribution in [0.15, 0.2) is 30.6 Å². The molecule has 3 rings (SSSR count). The van der Waals surface area contributed by atoms with Gasteiger partial charge in [-0.25, -0.2) is 13.1 Å². The molecule has 1 saturated heterocycles. The summed E-state index contributed by atoms with van der Waals surface area (Å²) in [6, 6.07) is 5.56. The number of aromatic nitrogens is 3. The first kappa shape index (κ1) is 20.3. The number of piperidine rings is 1. The number of pyridine rings is 1. The first-order valence-corrected chi connectivity index (χ1v) is 11.0. The van der Waals surface area contributed by atoms with E-state index in [9.17, 15) is 13.2 Å². The van der Waals surface area contributed by atoms with Gasteiger partial charge in [0.15, 0.2) is 0 Å². The molecule has 28 heavy (non-hydrogen) atoms. The van der Waals surface area contributed by atoms with Crippen LogP contribution in [0.4, 0.5) is 0 Å². The number of H-pyrrole nitrogens is 1. The topological polar surface area (TPSA) is 117 Å². The van der Waals surface area contributed by atoms with E-state index in [1.54, 1.807) is 17.3 Å². The lowest BCUT2D eigenvalue weighted by molar-refractivity contribution is -0.131. The second kappa shape index (κ2) is 9.16. The van der Waals surface area contributed by atoms with E-state index < -0.39 is 10.0 Å². The number of hydrogen-bond donors (Lipinski definition) is 2. The highest BCUT2D eigenvalue weighted by Crippen LogP contribution is 2.20. The second-order valence-corrected chi connectivity index (χ2v) is 8.83. The fourth-order valence-corrected chi connectivity index (χ4v) is 3.60. The zero-order valence-corrected chi connectivity index (χ0v) is 16.6. The quantitative estimate of drug-likeness (QED) is 0.675. The summed E-state index contributed by atoms with van der Waals surface area (Å²) in [7, 11) is -3.37. The Bertz CT molecular complexity index is 868. The Kier molecular flexibility index (Phi) is 6.63. The van der Waals surface area contributed by atoms with Crippen LogP contribution in [0.5, 0.6) is 5.75 Å². The SMILES string of the molecule is CCS(=O)(=O)NCC(=O)N1CCC[C@@H](COc2ccc(-c3ccn[nH]3)nc2)C1. The van der Waals surface area contributed by atoms with E-state index in [4.69, 9.17) is 4.74 Å². The van der Waals surface area contributed by atoms with E-state index in [1.165, 1.54) is 6.92 Å². The Morgan fingerprint density at radius 1 is 1.39 bits per heavy atom. The minimum absolute atomic E-state index is 0.0378. The lowest BCUT2D eigenvalue weighted by Crippen LogP contribution is -2.46. The molecule has 2 aromatic rings. The number of carbonyl (C=O) groups is 1. The zero-order valence-electron chi connectivity index (χ0n) is 15.8. The molecule has 10 heteroatoms. The van der Waals surface area contributed by atoms with Crippen molar-refractivity contribution in [3.63, 3.8) is 0 Å². The molecule has 0 radical (unpaired) electrons. The van der Waals surface area contributed by atoms with Gasteiger partial charge in [-0.2, -0.15) is 5.10 Å². The minimum Gasteiger partial charge on any atom is -0.492 e. The summed E-state index contributed by atoms with van der Waals surface area (Å²) in [6.07, 6.45) is 5.17. The summed E-state index contributed by atoms with van der Waals surface area (Å²) in [5.41, 5.74) is 1.63. The van der Waals surface area contributed by atoms with Crippen LogP contribution in [0, 0.1) is 5.92 Å². The molecular formula is C18H25N5O4S. The summed E-state index contributed by atoms with van der Waals surface area (Å²) in [4.78, 5) is 18.3. The Labute approximate surface area is 164 Å². The molecule has 0 bridgehead atoms. The van der Waals surface area contributed by atoms with Crippen LogP contribution in [0.3, 0.4) is 0 Å². The number of sulfonamides is 1. The highest BCUT2D eigenvalue weighted by atomic mass is 32.2. The van der Waals surface area contributed by atoms with E-state index in [2.05, 4.69) is 19.9 Å². The number of nitrogens with zero attached hydrogens (tertiary/aromatic N) is 3. The molecule has 2 aromatic heterocycles. The molecular weight excluding hydrogens is 382 g/mol. The van der Waals surface area contributed by atoms with Crippen molar-refractivity contribution in [1.82, 2.24) is 24.8 Å². The summed E-state index contributed by atoms with van der Waals surface area (Å²) >= 11 is 0. The molecule has 0 spiro atoms. The molecule has 1 amide bonds. The molecule has 152 valence electrons. The molecule has 1 aliphatic rings. The zero-order chi connectivity index (χ0) is 20.0. The Morgan fingerprint density at radius 2 is 2.25 bits per heavy atom. The van der Waals surface area contributed by atoms with Gasteiger partial charge in [-0.05, 0) is 38.0 Å². The van der Waals surface area contributed by atoms with Crippen LogP contribution in [0.1, 0.15) is 19.8 Å². The molecule has 1 atom stereocenters. The number of amides is 1. The number of ether oxygens (including phenoxy) is 1. The maximum absolute atomic E-state index is 12.3. The lowest BCUT2D eigenvalue weighted by Gasteiger charge is -2.32. The fourth-order valence-electron chi connectivity index (χ4n) is 3.05. The van der Waals surface area contributed by atoms with Crippen molar-refractivity contribution < 1.29 is 17.9 Å². The standard InChI is InChI=1S/C18H25N5O4S/c1-2-28(25,26)21-11-18(24)23-9-3-4-14(12-23)13-27-15-5-6-16(19-10-15)17-7-8-20-22-17/h5-8,10,14,21H,2-4,9,11-13H2,1H3,(H,20,22)/t14-/m1/s1. The molecule has 3 heterocycles. The molecule has 0 saturated carbocycles. The second-order valence-electron chi connectivity index (χ2n) is 6.73. The van der Waals surface area contributed by atoms with Crippen molar-refractivity contribution >= 4 is 15.9 Å². The molecule has 1 aliphatic heterocycles. The van der Waals surface area contributed by atoms with Gasteiger partial charge in [-0.15, -0.1) is 0 Å². The predicted molar refractivity (Wildman–Crippen MR) is 104 cm³/mol. The summed E-state index contributed by atoms with van der Waals surface area (Å²) in [5, 5.41) is 6.77. The summed E-state index contributed by atoms with van der Waals surface area (Å²) in [6.45, 7) is 3.03. The van der Waals surface area contributed by atoms with E-state index in [1.807, 2.05) is 18.2 Å². The van der Waals surface area contributed by atoms with E-state index >= 15 is 0 Å². The maximum atomic E-state index is 12.3. The molecule has 0 aromatic carbocycles. The Balaban J connectivity index is 1.47. The highest BCUT2D eigenvalue weighted by Gasteiger charge is 2.24. The molecule has 0 unspecified atom stereocenters. The van der Waals surface area contributed by atoms with Crippen molar-refractivity contribution in [2.45, 2.75) is 19.8 Å². The van der Waals surface area contributed by atoms with Crippen LogP contribution >= 0.6 is 0 Å². The van der Waals surface area contributed by atoms with E-state index in [0.29, 0.717) is 25.4 Å².